The van der Waals surface area contributed by atoms with Gasteiger partial charge in [0.1, 0.15) is 18.1 Å². The number of carboxylic acid groups (broad SMARTS) is 2. The van der Waals surface area contributed by atoms with Gasteiger partial charge < -0.3 is 25.7 Å². The third-order valence-corrected chi connectivity index (χ3v) is 5.92. The molecule has 1 saturated heterocycles. The Morgan fingerprint density at radius 1 is 1.09 bits per heavy atom. The van der Waals surface area contributed by atoms with Gasteiger partial charge in [0.2, 0.25) is 17.7 Å². The molecule has 1 fully saturated rings. The highest BCUT2D eigenvalue weighted by Gasteiger charge is 2.44. The summed E-state index contributed by atoms with van der Waals surface area (Å²) in [5.74, 6) is -4.81. The number of benzene rings is 1. The summed E-state index contributed by atoms with van der Waals surface area (Å²) < 4.78 is 0. The molecule has 35 heavy (non-hydrogen) atoms. The van der Waals surface area contributed by atoms with Gasteiger partial charge in [-0.05, 0) is 30.4 Å². The fourth-order valence-corrected chi connectivity index (χ4v) is 4.33. The lowest BCUT2D eigenvalue weighted by Crippen LogP contribution is -2.57. The molecule has 0 radical (unpaired) electrons. The summed E-state index contributed by atoms with van der Waals surface area (Å²) in [6.07, 6.45) is 1.33. The maximum atomic E-state index is 13.6. The van der Waals surface area contributed by atoms with Gasteiger partial charge in [-0.15, -0.1) is 0 Å². The number of nitrogens with one attached hydrogen (secondary N) is 2. The standard InChI is InChI=1S/C25H33N3O7/c1-4-20(29)26-18(12-15(2)3)23(32)27-19(13-16-8-6-5-7-9-16)24(33)28-11-10-17(14-21(30)31)22(28)25(34)35/h4-9,15,17-19,22H,1,10-14H2,2-3H3,(H,26,29)(H,27,32)(H,30,31)(H,34,35)/t17-,18+,19+,22+/m1/s1. The molecule has 0 bridgehead atoms. The van der Waals surface area contributed by atoms with Crippen LogP contribution in [0.3, 0.4) is 0 Å². The summed E-state index contributed by atoms with van der Waals surface area (Å²) in [6, 6.07) is 5.60. The van der Waals surface area contributed by atoms with Crippen LogP contribution in [0.4, 0.5) is 0 Å². The van der Waals surface area contributed by atoms with Gasteiger partial charge in [0.15, 0.2) is 0 Å². The molecule has 190 valence electrons. The van der Waals surface area contributed by atoms with Crippen LogP contribution in [0.2, 0.25) is 0 Å². The van der Waals surface area contributed by atoms with E-state index in [0.717, 1.165) is 16.5 Å². The summed E-state index contributed by atoms with van der Waals surface area (Å²) in [5.41, 5.74) is 0.745. The number of carbonyl (C=O) groups is 5. The maximum absolute atomic E-state index is 13.6. The molecule has 3 amide bonds. The van der Waals surface area contributed by atoms with Crippen molar-refractivity contribution in [3.05, 3.63) is 48.6 Å². The number of amides is 3. The second kappa shape index (κ2) is 12.7. The van der Waals surface area contributed by atoms with Crippen molar-refractivity contribution in [3.63, 3.8) is 0 Å². The molecule has 10 nitrogen and oxygen atoms in total. The van der Waals surface area contributed by atoms with Crippen LogP contribution < -0.4 is 10.6 Å². The van der Waals surface area contributed by atoms with Crippen LogP contribution in [0.25, 0.3) is 0 Å². The molecular weight excluding hydrogens is 454 g/mol. The van der Waals surface area contributed by atoms with E-state index in [1.165, 1.54) is 0 Å². The van der Waals surface area contributed by atoms with E-state index in [1.54, 1.807) is 30.3 Å². The number of carboxylic acids is 2. The fraction of sp³-hybridized carbons (Fsp3) is 0.480. The predicted molar refractivity (Wildman–Crippen MR) is 127 cm³/mol. The Balaban J connectivity index is 2.32. The molecule has 0 unspecified atom stereocenters. The van der Waals surface area contributed by atoms with Crippen LogP contribution in [-0.2, 0) is 30.4 Å². The molecule has 0 spiro atoms. The second-order valence-corrected chi connectivity index (χ2v) is 9.11. The predicted octanol–water partition coefficient (Wildman–Crippen LogP) is 1.21. The zero-order chi connectivity index (χ0) is 26.1. The molecule has 1 aromatic carbocycles. The smallest absolute Gasteiger partial charge is 0.326 e. The van der Waals surface area contributed by atoms with E-state index in [0.29, 0.717) is 6.42 Å². The Labute approximate surface area is 204 Å². The van der Waals surface area contributed by atoms with Crippen LogP contribution >= 0.6 is 0 Å². The number of hydrogen-bond acceptors (Lipinski definition) is 5. The van der Waals surface area contributed by atoms with E-state index in [1.807, 2.05) is 13.8 Å². The maximum Gasteiger partial charge on any atom is 0.326 e. The molecule has 4 atom stereocenters. The third kappa shape index (κ3) is 7.94. The van der Waals surface area contributed by atoms with Crippen molar-refractivity contribution < 1.29 is 34.2 Å². The Morgan fingerprint density at radius 2 is 1.74 bits per heavy atom. The van der Waals surface area contributed by atoms with Crippen LogP contribution in [0.5, 0.6) is 0 Å². The summed E-state index contributed by atoms with van der Waals surface area (Å²) in [5, 5.41) is 24.2. The van der Waals surface area contributed by atoms with E-state index < -0.39 is 53.7 Å². The van der Waals surface area contributed by atoms with Gasteiger partial charge in [0.25, 0.3) is 0 Å². The lowest BCUT2D eigenvalue weighted by molar-refractivity contribution is -0.151. The van der Waals surface area contributed by atoms with Crippen LogP contribution in [0.15, 0.2) is 43.0 Å². The molecule has 0 aromatic heterocycles. The third-order valence-electron chi connectivity index (χ3n) is 5.92. The number of hydrogen-bond donors (Lipinski definition) is 4. The lowest BCUT2D eigenvalue weighted by atomic mass is 9.96. The topological polar surface area (TPSA) is 153 Å². The molecule has 4 N–H and O–H groups in total. The van der Waals surface area contributed by atoms with Crippen LogP contribution in [0, 0.1) is 11.8 Å². The minimum atomic E-state index is -1.30. The Bertz CT molecular complexity index is 948. The molecule has 0 saturated carbocycles. The number of likely N-dealkylation sites (tertiary alicyclic amines) is 1. The minimum Gasteiger partial charge on any atom is -0.481 e. The highest BCUT2D eigenvalue weighted by atomic mass is 16.4. The molecule has 1 aromatic rings. The number of rotatable bonds is 12. The highest BCUT2D eigenvalue weighted by Crippen LogP contribution is 2.28. The van der Waals surface area contributed by atoms with Gasteiger partial charge in [-0.2, -0.15) is 0 Å². The summed E-state index contributed by atoms with van der Waals surface area (Å²) in [7, 11) is 0. The number of nitrogens with zero attached hydrogens (tertiary/aromatic N) is 1. The zero-order valence-corrected chi connectivity index (χ0v) is 20.0. The van der Waals surface area contributed by atoms with Gasteiger partial charge in [-0.3, -0.25) is 19.2 Å². The Hall–Kier alpha value is -3.69. The first-order valence-electron chi connectivity index (χ1n) is 11.6. The van der Waals surface area contributed by atoms with Crippen molar-refractivity contribution in [2.45, 2.75) is 57.7 Å². The Kier molecular flexibility index (Phi) is 9.98. The van der Waals surface area contributed by atoms with E-state index in [4.69, 9.17) is 5.11 Å². The normalized spacial score (nSPS) is 19.0. The minimum absolute atomic E-state index is 0.0610. The second-order valence-electron chi connectivity index (χ2n) is 9.11. The van der Waals surface area contributed by atoms with E-state index >= 15 is 0 Å². The van der Waals surface area contributed by atoms with Crippen LogP contribution in [-0.4, -0.2) is 69.4 Å². The largest absolute Gasteiger partial charge is 0.481 e. The molecular formula is C25H33N3O7. The quantitative estimate of drug-likeness (QED) is 0.323. The van der Waals surface area contributed by atoms with E-state index in [9.17, 15) is 29.1 Å². The van der Waals surface area contributed by atoms with Crippen LogP contribution in [0.1, 0.15) is 38.7 Å². The first-order chi connectivity index (χ1) is 16.5. The molecule has 1 aliphatic heterocycles. The molecule has 1 heterocycles. The van der Waals surface area contributed by atoms with Gasteiger partial charge in [0, 0.05) is 18.9 Å². The SMILES string of the molecule is C=CC(=O)N[C@@H](CC(C)C)C(=O)N[C@@H](Cc1ccccc1)C(=O)N1CC[C@H](CC(=O)O)[C@H]1C(=O)O. The zero-order valence-electron chi connectivity index (χ0n) is 20.0. The molecule has 2 rings (SSSR count). The fourth-order valence-electron chi connectivity index (χ4n) is 4.33. The molecule has 10 heteroatoms. The van der Waals surface area contributed by atoms with E-state index in [-0.39, 0.29) is 31.7 Å². The summed E-state index contributed by atoms with van der Waals surface area (Å²) >= 11 is 0. The van der Waals surface area contributed by atoms with Gasteiger partial charge in [0.05, 0.1) is 6.42 Å². The van der Waals surface area contributed by atoms with Crippen molar-refractivity contribution in [2.75, 3.05) is 6.54 Å². The molecule has 0 aliphatic carbocycles. The Morgan fingerprint density at radius 3 is 2.29 bits per heavy atom. The number of carbonyl (C=O) groups excluding carboxylic acids is 3. The van der Waals surface area contributed by atoms with Gasteiger partial charge in [-0.25, -0.2) is 4.79 Å². The average Bonchev–Trinajstić information content (AvgIpc) is 3.21. The molecule has 1 aliphatic rings. The highest BCUT2D eigenvalue weighted by molar-refractivity contribution is 5.95. The first kappa shape index (κ1) is 27.6. The van der Waals surface area contributed by atoms with Crippen molar-refractivity contribution in [1.29, 1.82) is 0 Å². The van der Waals surface area contributed by atoms with Crippen molar-refractivity contribution in [1.82, 2.24) is 15.5 Å². The van der Waals surface area contributed by atoms with E-state index in [2.05, 4.69) is 17.2 Å². The monoisotopic (exact) mass is 487 g/mol. The summed E-state index contributed by atoms with van der Waals surface area (Å²) in [4.78, 5) is 62.9. The van der Waals surface area contributed by atoms with Crippen molar-refractivity contribution >= 4 is 29.7 Å². The average molecular weight is 488 g/mol. The summed E-state index contributed by atoms with van der Waals surface area (Å²) in [6.45, 7) is 7.24. The first-order valence-corrected chi connectivity index (χ1v) is 11.6. The lowest BCUT2D eigenvalue weighted by Gasteiger charge is -2.30. The van der Waals surface area contributed by atoms with Crippen molar-refractivity contribution in [2.24, 2.45) is 11.8 Å². The van der Waals surface area contributed by atoms with Gasteiger partial charge >= 0.3 is 11.9 Å². The number of aliphatic carboxylic acids is 2. The van der Waals surface area contributed by atoms with Gasteiger partial charge in [-0.1, -0.05) is 50.8 Å². The van der Waals surface area contributed by atoms with Crippen molar-refractivity contribution in [3.8, 4) is 0 Å².